The molecule has 1 N–H and O–H groups in total. The number of nitrogens with one attached hydrogen (secondary N) is 1. The van der Waals surface area contributed by atoms with Crippen LogP contribution in [0.2, 0.25) is 0 Å². The van der Waals surface area contributed by atoms with Gasteiger partial charge in [-0.3, -0.25) is 0 Å². The van der Waals surface area contributed by atoms with E-state index in [1.165, 1.54) is 0 Å². The Kier molecular flexibility index (Phi) is 4.88. The Morgan fingerprint density at radius 2 is 2.59 bits per heavy atom. The van der Waals surface area contributed by atoms with Gasteiger partial charge < -0.3 is 14.6 Å². The zero-order valence-electron chi connectivity index (χ0n) is 10.6. The molecular formula is C12H21N3OS. The van der Waals surface area contributed by atoms with Gasteiger partial charge >= 0.3 is 0 Å². The molecule has 2 atom stereocenters. The summed E-state index contributed by atoms with van der Waals surface area (Å²) in [5, 5.41) is 3.35. The lowest BCUT2D eigenvalue weighted by molar-refractivity contribution is 0.0456. The van der Waals surface area contributed by atoms with E-state index in [-0.39, 0.29) is 12.1 Å². The average Bonchev–Trinajstić information content (AvgIpc) is 2.81. The third-order valence-corrected chi connectivity index (χ3v) is 4.03. The van der Waals surface area contributed by atoms with Gasteiger partial charge in [-0.25, -0.2) is 4.98 Å². The number of thioether (sulfide) groups is 1. The normalized spacial score (nSPS) is 22.6. The van der Waals surface area contributed by atoms with Crippen LogP contribution < -0.4 is 5.32 Å². The summed E-state index contributed by atoms with van der Waals surface area (Å²) >= 11 is 1.96. The van der Waals surface area contributed by atoms with Crippen LogP contribution in [0.4, 0.5) is 0 Å². The third kappa shape index (κ3) is 3.03. The van der Waals surface area contributed by atoms with E-state index in [9.17, 15) is 0 Å². The minimum Gasteiger partial charge on any atom is -0.374 e. The smallest absolute Gasteiger partial charge is 0.128 e. The number of hydrogen-bond donors (Lipinski definition) is 1. The predicted molar refractivity (Wildman–Crippen MR) is 71.4 cm³/mol. The lowest BCUT2D eigenvalue weighted by Gasteiger charge is -2.29. The number of nitrogens with zero attached hydrogens (tertiary/aromatic N) is 2. The molecule has 2 heterocycles. The first-order chi connectivity index (χ1) is 8.36. The molecule has 1 aliphatic rings. The van der Waals surface area contributed by atoms with E-state index in [4.69, 9.17) is 4.74 Å². The molecule has 1 aromatic rings. The van der Waals surface area contributed by atoms with Crippen LogP contribution in [0.25, 0.3) is 0 Å². The van der Waals surface area contributed by atoms with Gasteiger partial charge in [0.1, 0.15) is 5.82 Å². The lowest BCUT2D eigenvalue weighted by Crippen LogP contribution is -2.38. The number of ether oxygens (including phenoxy) is 1. The van der Waals surface area contributed by atoms with E-state index >= 15 is 0 Å². The Bertz CT molecular complexity index is 336. The Labute approximate surface area is 107 Å². The molecule has 0 radical (unpaired) electrons. The summed E-state index contributed by atoms with van der Waals surface area (Å²) in [5.74, 6) is 3.25. The molecule has 0 aliphatic carbocycles. The third-order valence-electron chi connectivity index (χ3n) is 3.01. The van der Waals surface area contributed by atoms with Crippen LogP contribution in [0.5, 0.6) is 0 Å². The SMILES string of the molecule is CCCn1ccnc1C(NC)C1CSCCO1. The van der Waals surface area contributed by atoms with E-state index in [0.29, 0.717) is 0 Å². The molecule has 0 amide bonds. The molecule has 4 nitrogen and oxygen atoms in total. The van der Waals surface area contributed by atoms with Gasteiger partial charge in [0.15, 0.2) is 0 Å². The van der Waals surface area contributed by atoms with Crippen LogP contribution in [-0.2, 0) is 11.3 Å². The van der Waals surface area contributed by atoms with Gasteiger partial charge in [-0.05, 0) is 13.5 Å². The van der Waals surface area contributed by atoms with Crippen molar-refractivity contribution >= 4 is 11.8 Å². The first kappa shape index (κ1) is 12.9. The number of aryl methyl sites for hydroxylation is 1. The van der Waals surface area contributed by atoms with Crippen LogP contribution in [-0.4, -0.2) is 40.8 Å². The highest BCUT2D eigenvalue weighted by atomic mass is 32.2. The van der Waals surface area contributed by atoms with Crippen LogP contribution in [0.3, 0.4) is 0 Å². The summed E-state index contributed by atoms with van der Waals surface area (Å²) in [6, 6.07) is 0.198. The van der Waals surface area contributed by atoms with Crippen LogP contribution in [0, 0.1) is 0 Å². The van der Waals surface area contributed by atoms with Crippen molar-refractivity contribution in [2.24, 2.45) is 0 Å². The van der Waals surface area contributed by atoms with Gasteiger partial charge in [0.2, 0.25) is 0 Å². The van der Waals surface area contributed by atoms with Gasteiger partial charge in [-0.1, -0.05) is 6.92 Å². The standard InChI is InChI=1S/C12H21N3OS/c1-3-5-15-6-4-14-12(15)11(13-2)10-9-17-8-7-16-10/h4,6,10-11,13H,3,5,7-9H2,1-2H3. The molecule has 0 aromatic carbocycles. The molecule has 5 heteroatoms. The van der Waals surface area contributed by atoms with Crippen molar-refractivity contribution < 1.29 is 4.74 Å². The average molecular weight is 255 g/mol. The van der Waals surface area contributed by atoms with Crippen molar-refractivity contribution in [1.29, 1.82) is 0 Å². The molecule has 17 heavy (non-hydrogen) atoms. The monoisotopic (exact) mass is 255 g/mol. The van der Waals surface area contributed by atoms with E-state index in [0.717, 1.165) is 36.9 Å². The lowest BCUT2D eigenvalue weighted by atomic mass is 10.1. The predicted octanol–water partition coefficient (Wildman–Crippen LogP) is 1.69. The first-order valence-electron chi connectivity index (χ1n) is 6.24. The fourth-order valence-electron chi connectivity index (χ4n) is 2.21. The molecule has 0 saturated carbocycles. The Morgan fingerprint density at radius 3 is 3.24 bits per heavy atom. The van der Waals surface area contributed by atoms with E-state index < -0.39 is 0 Å². The maximum absolute atomic E-state index is 5.85. The summed E-state index contributed by atoms with van der Waals surface area (Å²) in [4.78, 5) is 4.49. The number of rotatable bonds is 5. The van der Waals surface area contributed by atoms with Crippen molar-refractivity contribution in [1.82, 2.24) is 14.9 Å². The second-order valence-electron chi connectivity index (χ2n) is 4.23. The highest BCUT2D eigenvalue weighted by Crippen LogP contribution is 2.24. The van der Waals surface area contributed by atoms with E-state index in [1.54, 1.807) is 0 Å². The number of likely N-dealkylation sites (N-methyl/N-ethyl adjacent to an activating group) is 1. The Balaban J connectivity index is 2.12. The highest BCUT2D eigenvalue weighted by molar-refractivity contribution is 7.99. The quantitative estimate of drug-likeness (QED) is 0.869. The molecule has 0 bridgehead atoms. The molecule has 96 valence electrons. The molecule has 2 unspecified atom stereocenters. The molecule has 1 aromatic heterocycles. The molecule has 1 saturated heterocycles. The summed E-state index contributed by atoms with van der Waals surface area (Å²) in [7, 11) is 1.98. The van der Waals surface area contributed by atoms with Crippen molar-refractivity contribution in [2.75, 3.05) is 25.2 Å². The number of aromatic nitrogens is 2. The van der Waals surface area contributed by atoms with Gasteiger partial charge in [-0.15, -0.1) is 0 Å². The molecular weight excluding hydrogens is 234 g/mol. The minimum atomic E-state index is 0.198. The first-order valence-corrected chi connectivity index (χ1v) is 7.40. The van der Waals surface area contributed by atoms with Crippen LogP contribution in [0.15, 0.2) is 12.4 Å². The van der Waals surface area contributed by atoms with Gasteiger partial charge in [0.05, 0.1) is 18.8 Å². The maximum Gasteiger partial charge on any atom is 0.128 e. The van der Waals surface area contributed by atoms with Crippen LogP contribution >= 0.6 is 11.8 Å². The van der Waals surface area contributed by atoms with Crippen molar-refractivity contribution in [2.45, 2.75) is 32.0 Å². The zero-order chi connectivity index (χ0) is 12.1. The van der Waals surface area contributed by atoms with Gasteiger partial charge in [-0.2, -0.15) is 11.8 Å². The maximum atomic E-state index is 5.85. The minimum absolute atomic E-state index is 0.198. The summed E-state index contributed by atoms with van der Waals surface area (Å²) < 4.78 is 8.08. The van der Waals surface area contributed by atoms with Crippen molar-refractivity contribution in [3.05, 3.63) is 18.2 Å². The second-order valence-corrected chi connectivity index (χ2v) is 5.38. The molecule has 1 aliphatic heterocycles. The molecule has 2 rings (SSSR count). The van der Waals surface area contributed by atoms with Crippen molar-refractivity contribution in [3.63, 3.8) is 0 Å². The van der Waals surface area contributed by atoms with Gasteiger partial charge in [0, 0.05) is 30.4 Å². The number of hydrogen-bond acceptors (Lipinski definition) is 4. The van der Waals surface area contributed by atoms with Crippen molar-refractivity contribution in [3.8, 4) is 0 Å². The largest absolute Gasteiger partial charge is 0.374 e. The van der Waals surface area contributed by atoms with E-state index in [1.807, 2.05) is 25.0 Å². The highest BCUT2D eigenvalue weighted by Gasteiger charge is 2.28. The molecule has 0 spiro atoms. The Morgan fingerprint density at radius 1 is 1.71 bits per heavy atom. The molecule has 1 fully saturated rings. The summed E-state index contributed by atoms with van der Waals surface area (Å²) in [6.07, 6.45) is 5.29. The van der Waals surface area contributed by atoms with Crippen LogP contribution in [0.1, 0.15) is 25.2 Å². The second kappa shape index (κ2) is 6.42. The van der Waals surface area contributed by atoms with E-state index in [2.05, 4.69) is 28.0 Å². The topological polar surface area (TPSA) is 39.1 Å². The Hall–Kier alpha value is -0.520. The zero-order valence-corrected chi connectivity index (χ0v) is 11.4. The summed E-state index contributed by atoms with van der Waals surface area (Å²) in [5.41, 5.74) is 0. The van der Waals surface area contributed by atoms with Gasteiger partial charge in [0.25, 0.3) is 0 Å². The fourth-order valence-corrected chi connectivity index (χ4v) is 3.11. The summed E-state index contributed by atoms with van der Waals surface area (Å²) in [6.45, 7) is 4.06. The fraction of sp³-hybridized carbons (Fsp3) is 0.750. The number of imidazole rings is 1.